The van der Waals surface area contributed by atoms with Gasteiger partial charge in [0, 0.05) is 119 Å². The van der Waals surface area contributed by atoms with Gasteiger partial charge in [-0.25, -0.2) is 26.6 Å². The van der Waals surface area contributed by atoms with Crippen LogP contribution < -0.4 is 20.5 Å². The lowest BCUT2D eigenvalue weighted by Gasteiger charge is -2.34. The molecular weight excluding hydrogens is 1080 g/mol. The number of hydrogen-bond donors (Lipinski definition) is 3. The second-order valence-electron chi connectivity index (χ2n) is 20.4. The fourth-order valence-corrected chi connectivity index (χ4v) is 13.4. The molecule has 0 bridgehead atoms. The number of ether oxygens (including phenoxy) is 3. The number of pyridine rings is 2. The summed E-state index contributed by atoms with van der Waals surface area (Å²) in [5.41, 5.74) is 14.1. The SMILES string of the molecule is CN(C)C1CCN(S(=O)(=O)c2nc(Br)nn2COCC[Si](C)(C)C)CC1.CN(C)C1CCN(S(=O)(=O)c2nc(Nc3c(-c4ccncc4)ccc4c3CCO4)n[nH]2)CC1.Nc1c(-c2ccncc2)ccc2c1CCO2. The molecule has 25 heteroatoms. The molecule has 4 aliphatic heterocycles. The predicted molar refractivity (Wildman–Crippen MR) is 295 cm³/mol. The van der Waals surface area contributed by atoms with Gasteiger partial charge in [-0.05, 0) is 136 Å². The van der Waals surface area contributed by atoms with E-state index in [-0.39, 0.29) is 27.7 Å². The summed E-state index contributed by atoms with van der Waals surface area (Å²) in [4.78, 5) is 20.8. The quantitative estimate of drug-likeness (QED) is 0.0557. The number of fused-ring (bicyclic) bond motifs is 2. The van der Waals surface area contributed by atoms with Crippen LogP contribution in [0.2, 0.25) is 25.7 Å². The summed E-state index contributed by atoms with van der Waals surface area (Å²) < 4.78 is 73.7. The van der Waals surface area contributed by atoms with Gasteiger partial charge < -0.3 is 35.1 Å². The minimum absolute atomic E-state index is 0.0549. The first-order valence-corrected chi connectivity index (χ1v) is 32.5. The molecule has 75 heavy (non-hydrogen) atoms. The van der Waals surface area contributed by atoms with Gasteiger partial charge in [-0.2, -0.15) is 18.6 Å². The van der Waals surface area contributed by atoms with Crippen molar-refractivity contribution in [1.29, 1.82) is 0 Å². The fraction of sp³-hybridized carbons (Fsp3) is 0.480. The highest BCUT2D eigenvalue weighted by Crippen LogP contribution is 2.41. The third kappa shape index (κ3) is 13.6. The molecule has 2 aromatic carbocycles. The smallest absolute Gasteiger partial charge is 0.278 e. The number of anilines is 3. The highest BCUT2D eigenvalue weighted by molar-refractivity contribution is 9.10. The standard InChI is InChI=1S/C22H27N7O3S.C15H30BrN5O3SSi.C13H12N2O/c1-28(2)16-7-12-29(13-8-16)33(30,31)22-25-21(26-27-22)24-20-17(15-5-10-23-11-6-15)3-4-19-18(20)9-14-32-19;1-19(2)13-6-8-20(9-7-13)25(22,23)15-17-14(16)18-21(15)12-24-10-11-26(3,4)5;14-13-10(9-3-6-15-7-4-9)1-2-12-11(13)5-8-16-12/h3-6,10-11,16H,7-9,12-14H2,1-2H3,(H2,24,25,26,27);13H,6-12H2,1-5H3;1-4,6-7H,5,8,14H2. The van der Waals surface area contributed by atoms with Crippen molar-refractivity contribution in [2.24, 2.45) is 0 Å². The van der Waals surface area contributed by atoms with E-state index in [1.165, 1.54) is 13.3 Å². The number of aromatic nitrogens is 8. The van der Waals surface area contributed by atoms with Crippen molar-refractivity contribution in [3.8, 4) is 33.8 Å². The van der Waals surface area contributed by atoms with Gasteiger partial charge >= 0.3 is 0 Å². The van der Waals surface area contributed by atoms with Gasteiger partial charge in [-0.1, -0.05) is 19.6 Å². The first-order chi connectivity index (χ1) is 35.8. The minimum Gasteiger partial charge on any atom is -0.493 e. The summed E-state index contributed by atoms with van der Waals surface area (Å²) in [6, 6.07) is 17.5. The molecule has 0 spiro atoms. The van der Waals surface area contributed by atoms with Crippen LogP contribution in [0.25, 0.3) is 22.3 Å². The number of nitrogens with one attached hydrogen (secondary N) is 2. The van der Waals surface area contributed by atoms with Crippen LogP contribution in [0.4, 0.5) is 17.3 Å². The molecule has 2 saturated heterocycles. The van der Waals surface area contributed by atoms with E-state index in [9.17, 15) is 16.8 Å². The molecule has 0 aliphatic carbocycles. The van der Waals surface area contributed by atoms with Crippen molar-refractivity contribution in [2.45, 2.75) is 93.3 Å². The predicted octanol–water partition coefficient (Wildman–Crippen LogP) is 6.59. The summed E-state index contributed by atoms with van der Waals surface area (Å²) in [6.45, 7) is 10.8. The van der Waals surface area contributed by atoms with E-state index in [2.05, 4.69) is 85.9 Å². The van der Waals surface area contributed by atoms with Gasteiger partial charge in [-0.3, -0.25) is 9.97 Å². The van der Waals surface area contributed by atoms with Gasteiger partial charge in [0.1, 0.15) is 18.2 Å². The number of piperidine rings is 2. The molecule has 0 unspecified atom stereocenters. The van der Waals surface area contributed by atoms with Gasteiger partial charge in [0.25, 0.3) is 30.4 Å². The van der Waals surface area contributed by atoms with Crippen LogP contribution in [0.3, 0.4) is 0 Å². The number of H-pyrrole nitrogens is 1. The lowest BCUT2D eigenvalue weighted by molar-refractivity contribution is 0.0708. The molecule has 0 atom stereocenters. The zero-order valence-corrected chi connectivity index (χ0v) is 48.0. The first-order valence-electron chi connectivity index (χ1n) is 25.1. The Balaban J connectivity index is 0.000000158. The Bertz CT molecular complexity index is 3090. The summed E-state index contributed by atoms with van der Waals surface area (Å²) >= 11 is 3.19. The number of nitrogens with two attached hydrogens (primary N) is 1. The van der Waals surface area contributed by atoms with Crippen LogP contribution in [0.15, 0.2) is 88.4 Å². The first kappa shape index (κ1) is 55.8. The van der Waals surface area contributed by atoms with Gasteiger partial charge in [-0.15, -0.1) is 10.2 Å². The second kappa shape index (κ2) is 24.3. The molecule has 0 saturated carbocycles. The van der Waals surface area contributed by atoms with E-state index in [1.807, 2.05) is 76.7 Å². The minimum atomic E-state index is -3.74. The average molecular weight is 1150 g/mol. The van der Waals surface area contributed by atoms with E-state index in [0.29, 0.717) is 51.5 Å². The van der Waals surface area contributed by atoms with E-state index in [4.69, 9.17) is 19.9 Å². The molecule has 4 aliphatic rings. The molecule has 2 fully saturated rings. The Hall–Kier alpha value is -5.38. The van der Waals surface area contributed by atoms with E-state index < -0.39 is 28.1 Å². The van der Waals surface area contributed by atoms with Crippen molar-refractivity contribution >= 4 is 61.4 Å². The van der Waals surface area contributed by atoms with Crippen molar-refractivity contribution < 1.29 is 31.0 Å². The number of sulfonamides is 2. The monoisotopic (exact) mass is 1150 g/mol. The van der Waals surface area contributed by atoms with Crippen molar-refractivity contribution in [3.63, 3.8) is 0 Å². The Labute approximate surface area is 449 Å². The number of nitrogens with zero attached hydrogens (tertiary/aromatic N) is 11. The molecule has 0 amide bonds. The van der Waals surface area contributed by atoms with E-state index >= 15 is 0 Å². The zero-order valence-electron chi connectivity index (χ0n) is 43.7. The number of nitrogen functional groups attached to an aromatic ring is 1. The van der Waals surface area contributed by atoms with E-state index in [1.54, 1.807) is 24.8 Å². The van der Waals surface area contributed by atoms with Crippen LogP contribution in [-0.4, -0.2) is 170 Å². The molecule has 4 aromatic heterocycles. The Morgan fingerprint density at radius 1 is 0.747 bits per heavy atom. The Kier molecular flexibility index (Phi) is 18.1. The van der Waals surface area contributed by atoms with Crippen LogP contribution in [0, 0.1) is 0 Å². The van der Waals surface area contributed by atoms with Crippen LogP contribution >= 0.6 is 15.9 Å². The average Bonchev–Trinajstić information content (AvgIpc) is 4.25. The largest absolute Gasteiger partial charge is 0.493 e. The van der Waals surface area contributed by atoms with Gasteiger partial charge in [0.05, 0.1) is 18.9 Å². The van der Waals surface area contributed by atoms with E-state index in [0.717, 1.165) is 107 Å². The number of benzene rings is 2. The number of rotatable bonds is 15. The Morgan fingerprint density at radius 2 is 1.27 bits per heavy atom. The van der Waals surface area contributed by atoms with Gasteiger partial charge in [0.2, 0.25) is 10.7 Å². The molecule has 8 heterocycles. The van der Waals surface area contributed by atoms with Gasteiger partial charge in [0.15, 0.2) is 0 Å². The molecule has 21 nitrogen and oxygen atoms in total. The fourth-order valence-electron chi connectivity index (χ4n) is 9.35. The van der Waals surface area contributed by atoms with Crippen LogP contribution in [0.1, 0.15) is 36.8 Å². The third-order valence-electron chi connectivity index (χ3n) is 13.8. The molecular formula is C50H69BrN14O7S2Si. The maximum absolute atomic E-state index is 13.1. The summed E-state index contributed by atoms with van der Waals surface area (Å²) in [5.74, 6) is 1.94. The number of hydrogen-bond acceptors (Lipinski definition) is 17. The summed E-state index contributed by atoms with van der Waals surface area (Å²) in [7, 11) is -0.519. The highest BCUT2D eigenvalue weighted by atomic mass is 79.9. The van der Waals surface area contributed by atoms with Crippen LogP contribution in [-0.2, 0) is 44.4 Å². The lowest BCUT2D eigenvalue weighted by atomic mass is 9.99. The van der Waals surface area contributed by atoms with Crippen molar-refractivity contribution in [3.05, 3.63) is 89.2 Å². The van der Waals surface area contributed by atoms with Crippen LogP contribution in [0.5, 0.6) is 11.5 Å². The van der Waals surface area contributed by atoms with Crippen molar-refractivity contribution in [2.75, 3.05) is 85.2 Å². The third-order valence-corrected chi connectivity index (χ3v) is 19.3. The molecule has 4 N–H and O–H groups in total. The molecule has 6 aromatic rings. The number of halogens is 1. The molecule has 10 rings (SSSR count). The number of aromatic amines is 1. The summed E-state index contributed by atoms with van der Waals surface area (Å²) in [6.07, 6.45) is 11.9. The summed E-state index contributed by atoms with van der Waals surface area (Å²) in [5, 5.41) is 14.0. The van der Waals surface area contributed by atoms with Crippen molar-refractivity contribution in [1.82, 2.24) is 58.3 Å². The maximum Gasteiger partial charge on any atom is 0.278 e. The second-order valence-corrected chi connectivity index (χ2v) is 30.5. The highest BCUT2D eigenvalue weighted by Gasteiger charge is 2.35. The topological polar surface area (TPSA) is 245 Å². The zero-order chi connectivity index (χ0) is 53.5. The maximum atomic E-state index is 13.1. The lowest BCUT2D eigenvalue weighted by Crippen LogP contribution is -2.45. The molecule has 404 valence electrons. The normalized spacial score (nSPS) is 16.6. The molecule has 0 radical (unpaired) electrons. The Morgan fingerprint density at radius 3 is 1.83 bits per heavy atom.